The van der Waals surface area contributed by atoms with Crippen LogP contribution in [0.2, 0.25) is 0 Å². The molecule has 6 heteroatoms. The van der Waals surface area contributed by atoms with Gasteiger partial charge in [0.2, 0.25) is 5.91 Å². The van der Waals surface area contributed by atoms with Crippen molar-refractivity contribution >= 4 is 46.7 Å². The average molecular weight is 358 g/mol. The van der Waals surface area contributed by atoms with Crippen LogP contribution in [-0.2, 0) is 4.79 Å². The van der Waals surface area contributed by atoms with Gasteiger partial charge in [0.05, 0.1) is 4.58 Å². The summed E-state index contributed by atoms with van der Waals surface area (Å²) in [6, 6.07) is 14.9. The molecule has 0 aliphatic carbocycles. The number of anilines is 2. The number of benzene rings is 2. The van der Waals surface area contributed by atoms with Crippen molar-refractivity contribution in [1.82, 2.24) is 0 Å². The minimum absolute atomic E-state index is 0.133. The molecule has 24 heavy (non-hydrogen) atoms. The molecular weight excluding hydrogens is 340 g/mol. The largest absolute Gasteiger partial charge is 0.326 e. The molecule has 2 aromatic rings. The van der Waals surface area contributed by atoms with E-state index in [-0.39, 0.29) is 11.8 Å². The number of hydrogen-bond donors (Lipinski definition) is 2. The third kappa shape index (κ3) is 4.33. The molecule has 1 saturated heterocycles. The topological polar surface area (TPSA) is 58.2 Å². The Morgan fingerprint density at radius 3 is 2.33 bits per heavy atom. The fraction of sp³-hybridized carbons (Fsp3) is 0.222. The van der Waals surface area contributed by atoms with E-state index in [9.17, 15) is 9.59 Å². The van der Waals surface area contributed by atoms with E-state index in [2.05, 4.69) is 16.7 Å². The highest BCUT2D eigenvalue weighted by Crippen LogP contribution is 2.45. The Kier molecular flexibility index (Phi) is 5.48. The highest BCUT2D eigenvalue weighted by atomic mass is 32.2. The quantitative estimate of drug-likeness (QED) is 0.852. The summed E-state index contributed by atoms with van der Waals surface area (Å²) in [5.74, 6) is 2.05. The number of thioether (sulfide) groups is 2. The van der Waals surface area contributed by atoms with E-state index >= 15 is 0 Å². The monoisotopic (exact) mass is 358 g/mol. The van der Waals surface area contributed by atoms with Gasteiger partial charge in [-0.2, -0.15) is 0 Å². The molecule has 0 bridgehead atoms. The highest BCUT2D eigenvalue weighted by Gasteiger charge is 2.18. The van der Waals surface area contributed by atoms with E-state index in [0.717, 1.165) is 5.69 Å². The summed E-state index contributed by atoms with van der Waals surface area (Å²) < 4.78 is 0.457. The molecule has 2 amide bonds. The minimum atomic E-state index is -0.159. The van der Waals surface area contributed by atoms with Crippen LogP contribution in [0.1, 0.15) is 27.4 Å². The number of amides is 2. The number of carbonyl (C=O) groups is 2. The van der Waals surface area contributed by atoms with Crippen molar-refractivity contribution in [1.29, 1.82) is 0 Å². The second kappa shape index (κ2) is 7.77. The maximum Gasteiger partial charge on any atom is 0.255 e. The second-order valence-corrected chi connectivity index (χ2v) is 8.14. The van der Waals surface area contributed by atoms with Crippen LogP contribution < -0.4 is 10.6 Å². The zero-order chi connectivity index (χ0) is 16.9. The molecule has 0 aromatic heterocycles. The lowest BCUT2D eigenvalue weighted by atomic mass is 10.1. The normalized spacial score (nSPS) is 14.4. The highest BCUT2D eigenvalue weighted by molar-refractivity contribution is 8.19. The summed E-state index contributed by atoms with van der Waals surface area (Å²) in [7, 11) is 0. The number of carbonyl (C=O) groups excluding carboxylic acids is 2. The van der Waals surface area contributed by atoms with Gasteiger partial charge in [-0.3, -0.25) is 9.59 Å². The third-order valence-electron chi connectivity index (χ3n) is 3.51. The molecule has 1 heterocycles. The van der Waals surface area contributed by atoms with E-state index in [4.69, 9.17) is 0 Å². The van der Waals surface area contributed by atoms with Crippen LogP contribution in [0.15, 0.2) is 48.5 Å². The maximum absolute atomic E-state index is 12.4. The van der Waals surface area contributed by atoms with Crippen LogP contribution in [0.3, 0.4) is 0 Å². The molecule has 2 N–H and O–H groups in total. The van der Waals surface area contributed by atoms with Crippen LogP contribution in [0.5, 0.6) is 0 Å². The van der Waals surface area contributed by atoms with Gasteiger partial charge in [-0.1, -0.05) is 12.1 Å². The third-order valence-corrected chi connectivity index (χ3v) is 6.61. The first kappa shape index (κ1) is 16.9. The van der Waals surface area contributed by atoms with Gasteiger partial charge in [0.1, 0.15) is 0 Å². The van der Waals surface area contributed by atoms with Gasteiger partial charge in [0, 0.05) is 35.4 Å². The molecule has 1 aliphatic rings. The van der Waals surface area contributed by atoms with E-state index in [0.29, 0.717) is 15.8 Å². The second-order valence-electron chi connectivity index (χ2n) is 5.41. The Morgan fingerprint density at radius 1 is 0.958 bits per heavy atom. The fourth-order valence-corrected chi connectivity index (χ4v) is 5.26. The molecule has 0 atom stereocenters. The summed E-state index contributed by atoms with van der Waals surface area (Å²) >= 11 is 3.88. The lowest BCUT2D eigenvalue weighted by Gasteiger charge is -2.11. The summed E-state index contributed by atoms with van der Waals surface area (Å²) in [5, 5.41) is 5.62. The molecule has 1 fully saturated rings. The first-order valence-electron chi connectivity index (χ1n) is 7.64. The molecule has 0 saturated carbocycles. The Balaban J connectivity index is 1.68. The van der Waals surface area contributed by atoms with E-state index < -0.39 is 0 Å². The maximum atomic E-state index is 12.4. The molecule has 3 rings (SSSR count). The van der Waals surface area contributed by atoms with Gasteiger partial charge in [0.25, 0.3) is 5.91 Å². The fourth-order valence-electron chi connectivity index (χ4n) is 2.43. The molecule has 0 spiro atoms. The van der Waals surface area contributed by atoms with Crippen molar-refractivity contribution in [2.75, 3.05) is 22.1 Å². The SMILES string of the molecule is CC(=O)Nc1ccc(C(=O)Nc2cccc(C3SCCS3)c2)cc1. The Morgan fingerprint density at radius 2 is 1.67 bits per heavy atom. The van der Waals surface area contributed by atoms with Crippen molar-refractivity contribution < 1.29 is 9.59 Å². The first-order chi connectivity index (χ1) is 11.6. The summed E-state index contributed by atoms with van der Waals surface area (Å²) in [6.07, 6.45) is 0. The smallest absolute Gasteiger partial charge is 0.255 e. The predicted molar refractivity (Wildman–Crippen MR) is 103 cm³/mol. The standard InChI is InChI=1S/C18H18N2O2S2/c1-12(21)19-15-7-5-13(6-8-15)17(22)20-16-4-2-3-14(11-16)18-23-9-10-24-18/h2-8,11,18H,9-10H2,1H3,(H,19,21)(H,20,22). The molecular formula is C18H18N2O2S2. The van der Waals surface area contributed by atoms with E-state index in [1.165, 1.54) is 24.0 Å². The van der Waals surface area contributed by atoms with Crippen molar-refractivity contribution in [3.05, 3.63) is 59.7 Å². The summed E-state index contributed by atoms with van der Waals surface area (Å²) in [6.45, 7) is 1.45. The first-order valence-corrected chi connectivity index (χ1v) is 9.74. The van der Waals surface area contributed by atoms with Crippen LogP contribution in [0.25, 0.3) is 0 Å². The van der Waals surface area contributed by atoms with Crippen LogP contribution in [0, 0.1) is 0 Å². The zero-order valence-corrected chi connectivity index (χ0v) is 14.9. The van der Waals surface area contributed by atoms with E-state index in [1.807, 2.05) is 41.7 Å². The Bertz CT molecular complexity index is 741. The summed E-state index contributed by atoms with van der Waals surface area (Å²) in [4.78, 5) is 23.4. The van der Waals surface area contributed by atoms with Gasteiger partial charge in [0.15, 0.2) is 0 Å². The Labute approximate surface area is 149 Å². The predicted octanol–water partition coefficient (Wildman–Crippen LogP) is 4.38. The lowest BCUT2D eigenvalue weighted by Crippen LogP contribution is -2.12. The van der Waals surface area contributed by atoms with Gasteiger partial charge < -0.3 is 10.6 Å². The van der Waals surface area contributed by atoms with Crippen molar-refractivity contribution in [3.8, 4) is 0 Å². The minimum Gasteiger partial charge on any atom is -0.326 e. The van der Waals surface area contributed by atoms with Crippen molar-refractivity contribution in [2.45, 2.75) is 11.5 Å². The van der Waals surface area contributed by atoms with Crippen LogP contribution in [-0.4, -0.2) is 23.3 Å². The number of rotatable bonds is 4. The molecule has 0 unspecified atom stereocenters. The van der Waals surface area contributed by atoms with Crippen molar-refractivity contribution in [2.24, 2.45) is 0 Å². The van der Waals surface area contributed by atoms with Gasteiger partial charge in [-0.15, -0.1) is 23.5 Å². The lowest BCUT2D eigenvalue weighted by molar-refractivity contribution is -0.114. The van der Waals surface area contributed by atoms with Gasteiger partial charge >= 0.3 is 0 Å². The average Bonchev–Trinajstić information content (AvgIpc) is 3.10. The molecule has 1 aliphatic heterocycles. The number of hydrogen-bond acceptors (Lipinski definition) is 4. The van der Waals surface area contributed by atoms with Crippen molar-refractivity contribution in [3.63, 3.8) is 0 Å². The molecule has 4 nitrogen and oxygen atoms in total. The van der Waals surface area contributed by atoms with Crippen LogP contribution in [0.4, 0.5) is 11.4 Å². The molecule has 0 radical (unpaired) electrons. The van der Waals surface area contributed by atoms with Crippen LogP contribution >= 0.6 is 23.5 Å². The molecule has 2 aromatic carbocycles. The zero-order valence-electron chi connectivity index (χ0n) is 13.2. The summed E-state index contributed by atoms with van der Waals surface area (Å²) in [5.41, 5.74) is 3.27. The van der Waals surface area contributed by atoms with Gasteiger partial charge in [-0.05, 0) is 42.0 Å². The Hall–Kier alpha value is -1.92. The van der Waals surface area contributed by atoms with E-state index in [1.54, 1.807) is 24.3 Å². The number of nitrogens with one attached hydrogen (secondary N) is 2. The molecule has 124 valence electrons. The van der Waals surface area contributed by atoms with Gasteiger partial charge in [-0.25, -0.2) is 0 Å².